The summed E-state index contributed by atoms with van der Waals surface area (Å²) in [5, 5.41) is 12.1. The molecule has 12 nitrogen and oxygen atoms in total. The van der Waals surface area contributed by atoms with Gasteiger partial charge in [0, 0.05) is 43.9 Å². The minimum absolute atomic E-state index is 0.115. The molecule has 2 saturated heterocycles. The van der Waals surface area contributed by atoms with Crippen LogP contribution in [0.5, 0.6) is 0 Å². The summed E-state index contributed by atoms with van der Waals surface area (Å²) in [6.07, 6.45) is 5.97. The van der Waals surface area contributed by atoms with Crippen LogP contribution in [0.3, 0.4) is 0 Å². The molecule has 0 aliphatic carbocycles. The van der Waals surface area contributed by atoms with Gasteiger partial charge in [-0.05, 0) is 64.1 Å². The number of hydrogen-bond donors (Lipinski definition) is 2. The quantitative estimate of drug-likeness (QED) is 0.149. The monoisotopic (exact) mass is 610 g/mol. The molecular weight excluding hydrogens is 564 g/mol. The predicted octanol–water partition coefficient (Wildman–Crippen LogP) is 3.61. The van der Waals surface area contributed by atoms with E-state index in [0.717, 1.165) is 24.1 Å². The van der Waals surface area contributed by atoms with E-state index in [0.29, 0.717) is 38.2 Å². The number of ketones is 1. The number of carbonyl (C=O) groups excluding carboxylic acids is 3. The van der Waals surface area contributed by atoms with Crippen LogP contribution in [0.4, 0.5) is 10.5 Å². The van der Waals surface area contributed by atoms with E-state index < -0.39 is 29.6 Å². The van der Waals surface area contributed by atoms with Gasteiger partial charge in [0.05, 0.1) is 18.3 Å². The number of aromatic nitrogens is 3. The van der Waals surface area contributed by atoms with Crippen molar-refractivity contribution in [1.82, 2.24) is 25.2 Å². The number of nitrogen functional groups attached to an aromatic ring is 1. The van der Waals surface area contributed by atoms with Crippen molar-refractivity contribution in [3.63, 3.8) is 0 Å². The molecule has 12 heteroatoms. The molecule has 2 aliphatic rings. The number of benzene rings is 1. The first-order valence-corrected chi connectivity index (χ1v) is 15.4. The van der Waals surface area contributed by atoms with Crippen molar-refractivity contribution < 1.29 is 28.6 Å². The normalized spacial score (nSPS) is 28.9. The third-order valence-corrected chi connectivity index (χ3v) is 8.62. The van der Waals surface area contributed by atoms with Gasteiger partial charge >= 0.3 is 12.1 Å². The van der Waals surface area contributed by atoms with Crippen LogP contribution in [0.1, 0.15) is 52.9 Å². The number of esters is 1. The van der Waals surface area contributed by atoms with Crippen LogP contribution in [-0.4, -0.2) is 88.3 Å². The van der Waals surface area contributed by atoms with Crippen LogP contribution in [0.25, 0.3) is 11.3 Å². The molecule has 4 rings (SSSR count). The number of nitrogens with one attached hydrogen (secondary N) is 1. The lowest BCUT2D eigenvalue weighted by Crippen LogP contribution is -2.58. The van der Waals surface area contributed by atoms with Gasteiger partial charge in [0.1, 0.15) is 24.0 Å². The first-order valence-electron chi connectivity index (χ1n) is 15.4. The number of carbonyl (C=O) groups is 3. The molecule has 3 N–H and O–H groups in total. The largest absolute Gasteiger partial charge is 0.461 e. The lowest BCUT2D eigenvalue weighted by molar-refractivity contribution is -0.157. The van der Waals surface area contributed by atoms with Gasteiger partial charge < -0.3 is 25.3 Å². The number of amides is 1. The summed E-state index contributed by atoms with van der Waals surface area (Å²) in [7, 11) is 1.64. The fourth-order valence-corrected chi connectivity index (χ4v) is 5.99. The summed E-state index contributed by atoms with van der Waals surface area (Å²) in [4.78, 5) is 40.6. The molecule has 0 radical (unpaired) electrons. The number of Topliss-reactive ketones (excluding diaryl/α,β-unsaturated/α-hetero) is 1. The van der Waals surface area contributed by atoms with E-state index in [1.54, 1.807) is 36.6 Å². The fraction of sp³-hybridized carbons (Fsp3) is 0.594. The fourth-order valence-electron chi connectivity index (χ4n) is 5.99. The van der Waals surface area contributed by atoms with E-state index in [-0.39, 0.29) is 36.9 Å². The Morgan fingerprint density at radius 1 is 1.23 bits per heavy atom. The number of unbranched alkanes of at least 4 members (excludes halogenated alkanes) is 1. The van der Waals surface area contributed by atoms with Crippen LogP contribution >= 0.6 is 0 Å². The van der Waals surface area contributed by atoms with Crippen molar-refractivity contribution >= 4 is 23.5 Å². The highest BCUT2D eigenvalue weighted by molar-refractivity contribution is 5.98. The number of methoxy groups -OCH3 is 1. The third-order valence-electron chi connectivity index (χ3n) is 8.62. The van der Waals surface area contributed by atoms with Crippen molar-refractivity contribution in [2.75, 3.05) is 32.5 Å². The van der Waals surface area contributed by atoms with E-state index >= 15 is 0 Å². The Morgan fingerprint density at radius 3 is 2.73 bits per heavy atom. The van der Waals surface area contributed by atoms with Gasteiger partial charge in [0.2, 0.25) is 0 Å². The topological polar surface area (TPSA) is 151 Å². The van der Waals surface area contributed by atoms with Crippen molar-refractivity contribution in [3.8, 4) is 11.3 Å². The number of aryl methyl sites for hydroxylation is 1. The van der Waals surface area contributed by atoms with Gasteiger partial charge in [-0.1, -0.05) is 30.3 Å². The van der Waals surface area contributed by atoms with E-state index in [1.165, 1.54) is 0 Å². The van der Waals surface area contributed by atoms with Crippen molar-refractivity contribution in [3.05, 3.63) is 43.1 Å². The molecule has 2 aliphatic heterocycles. The van der Waals surface area contributed by atoms with E-state index in [9.17, 15) is 14.4 Å². The summed E-state index contributed by atoms with van der Waals surface area (Å²) in [6.45, 7) is 11.0. The minimum Gasteiger partial charge on any atom is -0.461 e. The van der Waals surface area contributed by atoms with Gasteiger partial charge in [-0.25, -0.2) is 4.79 Å². The average molecular weight is 611 g/mol. The molecule has 1 amide bonds. The Morgan fingerprint density at radius 2 is 2.00 bits per heavy atom. The summed E-state index contributed by atoms with van der Waals surface area (Å²) < 4.78 is 19.0. The number of rotatable bonds is 8. The maximum Gasteiger partial charge on any atom is 0.410 e. The Kier molecular flexibility index (Phi) is 11.1. The molecule has 3 heterocycles. The maximum absolute atomic E-state index is 13.3. The molecule has 1 aromatic carbocycles. The molecule has 2 fully saturated rings. The van der Waals surface area contributed by atoms with E-state index in [2.05, 4.69) is 29.1 Å². The van der Waals surface area contributed by atoms with Gasteiger partial charge in [-0.15, -0.1) is 11.7 Å². The zero-order valence-corrected chi connectivity index (χ0v) is 26.2. The molecule has 240 valence electrons. The summed E-state index contributed by atoms with van der Waals surface area (Å²) >= 11 is 0. The summed E-state index contributed by atoms with van der Waals surface area (Å²) in [5.74, 6) is -1.53. The van der Waals surface area contributed by atoms with Gasteiger partial charge in [0.25, 0.3) is 0 Å². The Hall–Kier alpha value is -3.77. The zero-order chi connectivity index (χ0) is 31.9. The molecule has 1 aromatic heterocycles. The minimum atomic E-state index is -1.15. The molecule has 0 spiro atoms. The van der Waals surface area contributed by atoms with Crippen LogP contribution in [0, 0.1) is 11.8 Å². The van der Waals surface area contributed by atoms with Gasteiger partial charge in [-0.2, -0.15) is 0 Å². The maximum atomic E-state index is 13.3. The molecule has 44 heavy (non-hydrogen) atoms. The van der Waals surface area contributed by atoms with E-state index in [1.807, 2.05) is 30.5 Å². The second kappa shape index (κ2) is 14.8. The smallest absolute Gasteiger partial charge is 0.410 e. The average Bonchev–Trinajstić information content (AvgIpc) is 3.57. The number of fused-ring (bicyclic) bond motifs is 1. The van der Waals surface area contributed by atoms with Gasteiger partial charge in [0.15, 0.2) is 5.60 Å². The molecule has 0 bridgehead atoms. The number of nitrogens with two attached hydrogens (primary N) is 1. The molecule has 2 aromatic rings. The first kappa shape index (κ1) is 33.1. The highest BCUT2D eigenvalue weighted by Crippen LogP contribution is 2.34. The van der Waals surface area contributed by atoms with Crippen molar-refractivity contribution in [1.29, 1.82) is 0 Å². The zero-order valence-electron chi connectivity index (χ0n) is 26.2. The first-order chi connectivity index (χ1) is 21.0. The Bertz CT molecular complexity index is 1320. The predicted molar refractivity (Wildman–Crippen MR) is 165 cm³/mol. The van der Waals surface area contributed by atoms with Gasteiger partial charge in [-0.3, -0.25) is 19.2 Å². The van der Waals surface area contributed by atoms with Crippen LogP contribution in [0.15, 0.2) is 43.1 Å². The second-order valence-corrected chi connectivity index (χ2v) is 12.2. The lowest BCUT2D eigenvalue weighted by Gasteiger charge is -2.37. The number of cyclic esters (lactones) is 1. The lowest BCUT2D eigenvalue weighted by atomic mass is 9.89. The number of hydrogen-bond acceptors (Lipinski definition) is 10. The molecule has 0 unspecified atom stereocenters. The molecule has 0 saturated carbocycles. The number of nitrogens with zero attached hydrogens (tertiary/aromatic N) is 4. The van der Waals surface area contributed by atoms with Crippen LogP contribution in [-0.2, 0) is 30.3 Å². The van der Waals surface area contributed by atoms with Crippen molar-refractivity contribution in [2.24, 2.45) is 11.8 Å². The Labute approximate surface area is 259 Å². The highest BCUT2D eigenvalue weighted by Gasteiger charge is 2.54. The standard InChI is InChI=1S/C32H46N6O6/c1-6-26-29-32(4,20-43-30(40)22(3)28(39)13-12-25(42-5)16-21(2)18-34-26)44-31(41)38(29)15-8-7-14-37-19-27(35-36-37)23-10-9-11-24(33)17-23/h6,9-11,17,19,21-22,25-26,29,34H,1,7-8,12-16,18,20,33H2,2-5H3/t21-,22-,25+,26-,29-,32-/m1/s1. The summed E-state index contributed by atoms with van der Waals surface area (Å²) in [6, 6.07) is 6.66. The van der Waals surface area contributed by atoms with Crippen LogP contribution in [0.2, 0.25) is 0 Å². The molecule has 6 atom stereocenters. The van der Waals surface area contributed by atoms with Crippen LogP contribution < -0.4 is 11.1 Å². The Balaban J connectivity index is 1.46. The highest BCUT2D eigenvalue weighted by atomic mass is 16.6. The second-order valence-electron chi connectivity index (χ2n) is 12.2. The SMILES string of the molecule is C=C[C@H]1NC[C@H](C)C[C@@H](OC)CCC(=O)[C@@H](C)C(=O)OC[C@@]2(C)OC(=O)N(CCCCn3cc(-c4cccc(N)c4)nn3)[C@H]12. The van der Waals surface area contributed by atoms with E-state index in [4.69, 9.17) is 19.9 Å². The summed E-state index contributed by atoms with van der Waals surface area (Å²) in [5.41, 5.74) is 7.04. The number of anilines is 1. The van der Waals surface area contributed by atoms with Crippen molar-refractivity contribution in [2.45, 2.75) is 83.2 Å². The number of ether oxygens (including phenoxy) is 3. The molecular formula is C32H46N6O6. The third kappa shape index (κ3) is 8.03.